The fraction of sp³-hybridized carbons (Fsp3) is 0.636. The first-order valence-electron chi connectivity index (χ1n) is 5.73. The van der Waals surface area contributed by atoms with Crippen LogP contribution >= 0.6 is 0 Å². The number of nitrogens with zero attached hydrogens (tertiary/aromatic N) is 1. The lowest BCUT2D eigenvalue weighted by Gasteiger charge is -2.28. The highest BCUT2D eigenvalue weighted by Gasteiger charge is 2.35. The van der Waals surface area contributed by atoms with Crippen molar-refractivity contribution in [2.45, 2.75) is 26.8 Å². The molecule has 1 saturated heterocycles. The molecule has 8 heteroatoms. The second-order valence-electron chi connectivity index (χ2n) is 5.34. The van der Waals surface area contributed by atoms with Gasteiger partial charge in [0.2, 0.25) is 5.91 Å². The van der Waals surface area contributed by atoms with E-state index in [1.165, 1.54) is 0 Å². The Morgan fingerprint density at radius 3 is 2.37 bits per heavy atom. The second kappa shape index (κ2) is 5.25. The van der Waals surface area contributed by atoms with Crippen molar-refractivity contribution in [1.29, 1.82) is 0 Å². The van der Waals surface area contributed by atoms with Crippen molar-refractivity contribution in [3.63, 3.8) is 0 Å². The molecular formula is C11H17N3O5. The Morgan fingerprint density at radius 2 is 2.00 bits per heavy atom. The minimum atomic E-state index is -1.17. The van der Waals surface area contributed by atoms with Gasteiger partial charge in [0.05, 0.1) is 6.54 Å². The van der Waals surface area contributed by atoms with Crippen LogP contribution in [0.25, 0.3) is 0 Å². The Kier molecular flexibility index (Phi) is 4.13. The summed E-state index contributed by atoms with van der Waals surface area (Å²) in [5, 5.41) is 13.6. The number of aliphatic carboxylic acids is 1. The Labute approximate surface area is 110 Å². The fourth-order valence-electron chi connectivity index (χ4n) is 1.61. The van der Waals surface area contributed by atoms with Gasteiger partial charge in [-0.05, 0) is 5.41 Å². The molecule has 3 N–H and O–H groups in total. The fourth-order valence-corrected chi connectivity index (χ4v) is 1.61. The number of imide groups is 1. The van der Waals surface area contributed by atoms with E-state index < -0.39 is 41.8 Å². The third kappa shape index (κ3) is 3.67. The minimum absolute atomic E-state index is 0.145. The van der Waals surface area contributed by atoms with E-state index in [-0.39, 0.29) is 6.54 Å². The van der Waals surface area contributed by atoms with Gasteiger partial charge in [0.25, 0.3) is 5.91 Å². The molecule has 0 spiro atoms. The predicted molar refractivity (Wildman–Crippen MR) is 64.1 cm³/mol. The summed E-state index contributed by atoms with van der Waals surface area (Å²) in [4.78, 5) is 46.0. The van der Waals surface area contributed by atoms with Crippen LogP contribution in [-0.2, 0) is 14.4 Å². The predicted octanol–water partition coefficient (Wildman–Crippen LogP) is -0.846. The van der Waals surface area contributed by atoms with Crippen LogP contribution < -0.4 is 10.6 Å². The molecular weight excluding hydrogens is 254 g/mol. The van der Waals surface area contributed by atoms with Crippen molar-refractivity contribution in [1.82, 2.24) is 15.5 Å². The summed E-state index contributed by atoms with van der Waals surface area (Å²) < 4.78 is 0. The zero-order chi connectivity index (χ0) is 14.8. The summed E-state index contributed by atoms with van der Waals surface area (Å²) in [5.41, 5.74) is -0.682. The van der Waals surface area contributed by atoms with Crippen LogP contribution in [0.1, 0.15) is 20.8 Å². The van der Waals surface area contributed by atoms with Gasteiger partial charge in [-0.2, -0.15) is 0 Å². The van der Waals surface area contributed by atoms with Gasteiger partial charge >= 0.3 is 12.0 Å². The quantitative estimate of drug-likeness (QED) is 0.576. The monoisotopic (exact) mass is 271 g/mol. The standard InChI is InChI=1S/C11H17N3O5/c1-11(2,3)8(9(17)18)13-6(15)5-14-7(16)4-12-10(14)19/h8H,4-5H2,1-3H3,(H,12,19)(H,13,15)(H,17,18). The van der Waals surface area contributed by atoms with Gasteiger partial charge in [0, 0.05) is 0 Å². The molecule has 0 radical (unpaired) electrons. The maximum absolute atomic E-state index is 11.7. The maximum atomic E-state index is 11.7. The molecule has 1 unspecified atom stereocenters. The largest absolute Gasteiger partial charge is 0.480 e. The zero-order valence-corrected chi connectivity index (χ0v) is 11.0. The van der Waals surface area contributed by atoms with E-state index in [1.807, 2.05) is 0 Å². The first-order chi connectivity index (χ1) is 8.62. The van der Waals surface area contributed by atoms with Crippen LogP contribution in [0.5, 0.6) is 0 Å². The average molecular weight is 271 g/mol. The molecule has 0 aromatic rings. The van der Waals surface area contributed by atoms with Crippen molar-refractivity contribution in [2.24, 2.45) is 5.41 Å². The van der Waals surface area contributed by atoms with Gasteiger partial charge in [-0.25, -0.2) is 9.59 Å². The molecule has 4 amide bonds. The number of carbonyl (C=O) groups excluding carboxylic acids is 3. The Morgan fingerprint density at radius 1 is 1.42 bits per heavy atom. The van der Waals surface area contributed by atoms with Crippen molar-refractivity contribution >= 4 is 23.8 Å². The lowest BCUT2D eigenvalue weighted by Crippen LogP contribution is -2.52. The summed E-state index contributed by atoms with van der Waals surface area (Å²) in [6, 6.07) is -1.75. The van der Waals surface area contributed by atoms with E-state index in [9.17, 15) is 19.2 Å². The van der Waals surface area contributed by atoms with E-state index in [4.69, 9.17) is 5.11 Å². The molecule has 1 atom stereocenters. The summed E-state index contributed by atoms with van der Waals surface area (Å²) in [5.74, 6) is -2.37. The number of amides is 4. The highest BCUT2D eigenvalue weighted by Crippen LogP contribution is 2.19. The van der Waals surface area contributed by atoms with Crippen molar-refractivity contribution in [3.05, 3.63) is 0 Å². The van der Waals surface area contributed by atoms with E-state index in [1.54, 1.807) is 20.8 Å². The highest BCUT2D eigenvalue weighted by atomic mass is 16.4. The molecule has 19 heavy (non-hydrogen) atoms. The average Bonchev–Trinajstić information content (AvgIpc) is 2.55. The van der Waals surface area contributed by atoms with Crippen LogP contribution in [0, 0.1) is 5.41 Å². The third-order valence-corrected chi connectivity index (χ3v) is 2.66. The van der Waals surface area contributed by atoms with Crippen molar-refractivity contribution in [2.75, 3.05) is 13.1 Å². The molecule has 1 aliphatic heterocycles. The molecule has 0 aromatic heterocycles. The van der Waals surface area contributed by atoms with Crippen LogP contribution in [0.4, 0.5) is 4.79 Å². The number of hydrogen-bond acceptors (Lipinski definition) is 4. The van der Waals surface area contributed by atoms with Crippen LogP contribution in [0.3, 0.4) is 0 Å². The third-order valence-electron chi connectivity index (χ3n) is 2.66. The Bertz CT molecular complexity index is 411. The van der Waals surface area contributed by atoms with Crippen molar-refractivity contribution < 1.29 is 24.3 Å². The van der Waals surface area contributed by atoms with Crippen LogP contribution in [0.15, 0.2) is 0 Å². The molecule has 1 aliphatic rings. The van der Waals surface area contributed by atoms with Gasteiger partial charge in [-0.1, -0.05) is 20.8 Å². The molecule has 0 aromatic carbocycles. The summed E-state index contributed by atoms with van der Waals surface area (Å²) in [7, 11) is 0. The Hall–Kier alpha value is -2.12. The second-order valence-corrected chi connectivity index (χ2v) is 5.34. The lowest BCUT2D eigenvalue weighted by atomic mass is 9.87. The molecule has 0 saturated carbocycles. The lowest BCUT2D eigenvalue weighted by molar-refractivity contribution is -0.145. The molecule has 106 valence electrons. The van der Waals surface area contributed by atoms with Crippen LogP contribution in [0.2, 0.25) is 0 Å². The normalized spacial score (nSPS) is 17.1. The van der Waals surface area contributed by atoms with Gasteiger partial charge in [0.15, 0.2) is 0 Å². The molecule has 1 rings (SSSR count). The van der Waals surface area contributed by atoms with E-state index in [0.29, 0.717) is 0 Å². The minimum Gasteiger partial charge on any atom is -0.480 e. The number of nitrogens with one attached hydrogen (secondary N) is 2. The summed E-state index contributed by atoms with van der Waals surface area (Å²) in [6.45, 7) is 4.37. The Balaban J connectivity index is 2.66. The molecule has 0 aliphatic carbocycles. The summed E-state index contributed by atoms with van der Waals surface area (Å²) in [6.07, 6.45) is 0. The number of carbonyl (C=O) groups is 4. The maximum Gasteiger partial charge on any atom is 0.326 e. The molecule has 0 bridgehead atoms. The number of carboxylic acids is 1. The number of hydrogen-bond donors (Lipinski definition) is 3. The van der Waals surface area contributed by atoms with Gasteiger partial charge in [-0.15, -0.1) is 0 Å². The van der Waals surface area contributed by atoms with Crippen molar-refractivity contribution in [3.8, 4) is 0 Å². The molecule has 1 fully saturated rings. The topological polar surface area (TPSA) is 116 Å². The van der Waals surface area contributed by atoms with Gasteiger partial charge in [0.1, 0.15) is 12.6 Å². The highest BCUT2D eigenvalue weighted by molar-refractivity contribution is 6.04. The SMILES string of the molecule is CC(C)(C)C(NC(=O)CN1C(=O)CNC1=O)C(=O)O. The van der Waals surface area contributed by atoms with Gasteiger partial charge < -0.3 is 15.7 Å². The van der Waals surface area contributed by atoms with Gasteiger partial charge in [-0.3, -0.25) is 14.5 Å². The van der Waals surface area contributed by atoms with Crippen LogP contribution in [-0.4, -0.2) is 53.0 Å². The molecule has 1 heterocycles. The number of rotatable bonds is 4. The summed E-state index contributed by atoms with van der Waals surface area (Å²) >= 11 is 0. The number of urea groups is 1. The smallest absolute Gasteiger partial charge is 0.326 e. The number of carboxylic acid groups (broad SMARTS) is 1. The first-order valence-corrected chi connectivity index (χ1v) is 5.73. The van der Waals surface area contributed by atoms with E-state index in [0.717, 1.165) is 4.90 Å². The van der Waals surface area contributed by atoms with E-state index in [2.05, 4.69) is 10.6 Å². The van der Waals surface area contributed by atoms with E-state index >= 15 is 0 Å². The molecule has 8 nitrogen and oxygen atoms in total. The first kappa shape index (κ1) is 14.9. The zero-order valence-electron chi connectivity index (χ0n) is 11.0.